The molecule has 7 heteroatoms. The molecule has 1 unspecified atom stereocenters. The number of thiophene rings is 1. The molecule has 1 aromatic heterocycles. The van der Waals surface area contributed by atoms with Gasteiger partial charge in [0.2, 0.25) is 11.8 Å². The van der Waals surface area contributed by atoms with Crippen LogP contribution in [-0.4, -0.2) is 24.3 Å². The molecular formula is C20H23N3O3S. The fourth-order valence-electron chi connectivity index (χ4n) is 2.63. The topological polar surface area (TPSA) is 87.3 Å². The van der Waals surface area contributed by atoms with E-state index in [1.165, 1.54) is 11.3 Å². The Labute approximate surface area is 162 Å². The van der Waals surface area contributed by atoms with E-state index < -0.39 is 0 Å². The molecule has 1 saturated carbocycles. The molecule has 27 heavy (non-hydrogen) atoms. The van der Waals surface area contributed by atoms with Crippen molar-refractivity contribution in [2.45, 2.75) is 32.2 Å². The Morgan fingerprint density at radius 3 is 2.52 bits per heavy atom. The van der Waals surface area contributed by atoms with E-state index in [-0.39, 0.29) is 36.1 Å². The predicted octanol–water partition coefficient (Wildman–Crippen LogP) is 3.09. The summed E-state index contributed by atoms with van der Waals surface area (Å²) in [4.78, 5) is 35.7. The zero-order chi connectivity index (χ0) is 19.2. The van der Waals surface area contributed by atoms with E-state index in [9.17, 15) is 14.4 Å². The molecule has 2 aromatic rings. The van der Waals surface area contributed by atoms with Gasteiger partial charge in [-0.25, -0.2) is 0 Å². The van der Waals surface area contributed by atoms with Crippen molar-refractivity contribution in [1.82, 2.24) is 10.6 Å². The first kappa shape index (κ1) is 19.1. The van der Waals surface area contributed by atoms with Gasteiger partial charge in [0, 0.05) is 35.5 Å². The van der Waals surface area contributed by atoms with Gasteiger partial charge < -0.3 is 16.0 Å². The third-order valence-corrected chi connectivity index (χ3v) is 5.11. The summed E-state index contributed by atoms with van der Waals surface area (Å²) in [7, 11) is 0. The Morgan fingerprint density at radius 2 is 1.89 bits per heavy atom. The number of hydrogen-bond donors (Lipinski definition) is 3. The van der Waals surface area contributed by atoms with E-state index in [2.05, 4.69) is 16.0 Å². The lowest BCUT2D eigenvalue weighted by Crippen LogP contribution is -2.31. The highest BCUT2D eigenvalue weighted by Gasteiger charge is 2.29. The van der Waals surface area contributed by atoms with Gasteiger partial charge in [-0.1, -0.05) is 12.1 Å². The average molecular weight is 385 g/mol. The molecule has 1 heterocycles. The Morgan fingerprint density at radius 1 is 1.15 bits per heavy atom. The summed E-state index contributed by atoms with van der Waals surface area (Å²) in [5.41, 5.74) is 2.34. The maximum absolute atomic E-state index is 12.1. The van der Waals surface area contributed by atoms with E-state index >= 15 is 0 Å². The standard InChI is InChI=1S/C20H23N3O3S/c1-13(14-4-6-17(7-5-14)23-20(26)15-2-3-15)22-18(24)8-10-21-19(25)16-9-11-27-12-16/h4-7,9,11-13,15H,2-3,8,10H2,1H3,(H,21,25)(H,22,24)(H,23,26). The smallest absolute Gasteiger partial charge is 0.252 e. The lowest BCUT2D eigenvalue weighted by Gasteiger charge is -2.15. The van der Waals surface area contributed by atoms with Crippen LogP contribution in [0.3, 0.4) is 0 Å². The fourth-order valence-corrected chi connectivity index (χ4v) is 3.26. The summed E-state index contributed by atoms with van der Waals surface area (Å²) in [6.07, 6.45) is 2.16. The van der Waals surface area contributed by atoms with Crippen LogP contribution in [0.4, 0.5) is 5.69 Å². The van der Waals surface area contributed by atoms with Crippen molar-refractivity contribution >= 4 is 34.7 Å². The van der Waals surface area contributed by atoms with Gasteiger partial charge >= 0.3 is 0 Å². The molecule has 1 atom stereocenters. The van der Waals surface area contributed by atoms with Crippen molar-refractivity contribution in [3.63, 3.8) is 0 Å². The lowest BCUT2D eigenvalue weighted by atomic mass is 10.1. The van der Waals surface area contributed by atoms with Gasteiger partial charge in [0.1, 0.15) is 0 Å². The minimum atomic E-state index is -0.166. The molecule has 1 aliphatic rings. The zero-order valence-corrected chi connectivity index (χ0v) is 16.0. The summed E-state index contributed by atoms with van der Waals surface area (Å²) in [6.45, 7) is 2.19. The summed E-state index contributed by atoms with van der Waals surface area (Å²) in [6, 6.07) is 9.08. The van der Waals surface area contributed by atoms with E-state index in [0.717, 1.165) is 24.1 Å². The molecule has 0 bridgehead atoms. The molecule has 0 spiro atoms. The molecule has 6 nitrogen and oxygen atoms in total. The fraction of sp³-hybridized carbons (Fsp3) is 0.350. The largest absolute Gasteiger partial charge is 0.351 e. The molecule has 1 aromatic carbocycles. The van der Waals surface area contributed by atoms with Crippen LogP contribution in [0, 0.1) is 5.92 Å². The number of carbonyl (C=O) groups is 3. The van der Waals surface area contributed by atoms with Crippen LogP contribution < -0.4 is 16.0 Å². The Hall–Kier alpha value is -2.67. The second-order valence-electron chi connectivity index (χ2n) is 6.69. The molecule has 0 saturated heterocycles. The highest BCUT2D eigenvalue weighted by molar-refractivity contribution is 7.08. The van der Waals surface area contributed by atoms with E-state index in [1.807, 2.05) is 36.6 Å². The maximum Gasteiger partial charge on any atom is 0.252 e. The third kappa shape index (κ3) is 5.65. The second-order valence-corrected chi connectivity index (χ2v) is 7.47. The number of benzene rings is 1. The van der Waals surface area contributed by atoms with Gasteiger partial charge in [-0.15, -0.1) is 0 Å². The first-order valence-electron chi connectivity index (χ1n) is 9.03. The Balaban J connectivity index is 1.40. The molecule has 0 radical (unpaired) electrons. The normalized spacial score (nSPS) is 14.3. The summed E-state index contributed by atoms with van der Waals surface area (Å²) in [5, 5.41) is 12.2. The molecule has 3 amide bonds. The summed E-state index contributed by atoms with van der Waals surface area (Å²) < 4.78 is 0. The first-order valence-corrected chi connectivity index (χ1v) is 9.98. The first-order chi connectivity index (χ1) is 13.0. The monoisotopic (exact) mass is 385 g/mol. The number of rotatable bonds is 8. The van der Waals surface area contributed by atoms with Crippen LogP contribution >= 0.6 is 11.3 Å². The van der Waals surface area contributed by atoms with Crippen LogP contribution in [0.1, 0.15) is 48.1 Å². The van der Waals surface area contributed by atoms with E-state index in [4.69, 9.17) is 0 Å². The zero-order valence-electron chi connectivity index (χ0n) is 15.2. The van der Waals surface area contributed by atoms with Crippen LogP contribution in [0.5, 0.6) is 0 Å². The number of amides is 3. The van der Waals surface area contributed by atoms with Crippen LogP contribution in [0.15, 0.2) is 41.1 Å². The van der Waals surface area contributed by atoms with Crippen molar-refractivity contribution < 1.29 is 14.4 Å². The van der Waals surface area contributed by atoms with Crippen LogP contribution in [0.2, 0.25) is 0 Å². The van der Waals surface area contributed by atoms with Crippen molar-refractivity contribution in [3.05, 3.63) is 52.2 Å². The average Bonchev–Trinajstić information content (AvgIpc) is 3.36. The SMILES string of the molecule is CC(NC(=O)CCNC(=O)c1ccsc1)c1ccc(NC(=O)C2CC2)cc1. The molecule has 0 aliphatic heterocycles. The number of nitrogens with one attached hydrogen (secondary N) is 3. The predicted molar refractivity (Wildman–Crippen MR) is 106 cm³/mol. The number of anilines is 1. The highest BCUT2D eigenvalue weighted by atomic mass is 32.1. The maximum atomic E-state index is 12.1. The van der Waals surface area contributed by atoms with Crippen molar-refractivity contribution in [1.29, 1.82) is 0 Å². The third-order valence-electron chi connectivity index (χ3n) is 4.42. The molecule has 1 fully saturated rings. The van der Waals surface area contributed by atoms with E-state index in [1.54, 1.807) is 11.4 Å². The molecule has 1 aliphatic carbocycles. The van der Waals surface area contributed by atoms with Crippen molar-refractivity contribution in [2.24, 2.45) is 5.92 Å². The highest BCUT2D eigenvalue weighted by Crippen LogP contribution is 2.30. The van der Waals surface area contributed by atoms with Gasteiger partial charge in [0.05, 0.1) is 6.04 Å². The van der Waals surface area contributed by atoms with Gasteiger partial charge in [-0.2, -0.15) is 11.3 Å². The van der Waals surface area contributed by atoms with Gasteiger partial charge in [0.15, 0.2) is 0 Å². The molecule has 3 rings (SSSR count). The number of hydrogen-bond acceptors (Lipinski definition) is 4. The Bertz CT molecular complexity index is 798. The molecule has 3 N–H and O–H groups in total. The van der Waals surface area contributed by atoms with Gasteiger partial charge in [0.25, 0.3) is 5.91 Å². The lowest BCUT2D eigenvalue weighted by molar-refractivity contribution is -0.121. The quantitative estimate of drug-likeness (QED) is 0.652. The summed E-state index contributed by atoms with van der Waals surface area (Å²) >= 11 is 1.46. The minimum absolute atomic E-state index is 0.0774. The second kappa shape index (κ2) is 8.81. The Kier molecular flexibility index (Phi) is 6.24. The molecule has 142 valence electrons. The van der Waals surface area contributed by atoms with Crippen molar-refractivity contribution in [3.8, 4) is 0 Å². The number of carbonyl (C=O) groups excluding carboxylic acids is 3. The minimum Gasteiger partial charge on any atom is -0.351 e. The van der Waals surface area contributed by atoms with Crippen LogP contribution in [-0.2, 0) is 9.59 Å². The van der Waals surface area contributed by atoms with Crippen molar-refractivity contribution in [2.75, 3.05) is 11.9 Å². The summed E-state index contributed by atoms with van der Waals surface area (Å²) in [5.74, 6) is -0.0446. The van der Waals surface area contributed by atoms with E-state index in [0.29, 0.717) is 12.1 Å². The van der Waals surface area contributed by atoms with Crippen LogP contribution in [0.25, 0.3) is 0 Å². The van der Waals surface area contributed by atoms with Gasteiger partial charge in [-0.3, -0.25) is 14.4 Å². The molecular weight excluding hydrogens is 362 g/mol. The van der Waals surface area contributed by atoms with Gasteiger partial charge in [-0.05, 0) is 48.9 Å².